The zero-order chi connectivity index (χ0) is 12.7. The predicted molar refractivity (Wildman–Crippen MR) is 76.2 cm³/mol. The van der Waals surface area contributed by atoms with E-state index in [1.807, 2.05) is 32.1 Å². The van der Waals surface area contributed by atoms with Crippen molar-refractivity contribution in [2.24, 2.45) is 0 Å². The summed E-state index contributed by atoms with van der Waals surface area (Å²) in [6.07, 6.45) is 1.84. The summed E-state index contributed by atoms with van der Waals surface area (Å²) in [6, 6.07) is 9.17. The largest absolute Gasteiger partial charge is 0.346 e. The van der Waals surface area contributed by atoms with E-state index in [0.717, 1.165) is 27.4 Å². The first-order chi connectivity index (χ1) is 8.22. The summed E-state index contributed by atoms with van der Waals surface area (Å²) < 4.78 is 11.7. The summed E-state index contributed by atoms with van der Waals surface area (Å²) in [6.45, 7) is 9.08. The van der Waals surface area contributed by atoms with E-state index < -0.39 is 5.79 Å². The molecule has 0 heterocycles. The van der Waals surface area contributed by atoms with E-state index in [1.165, 1.54) is 0 Å². The molecule has 0 aliphatic heterocycles. The molecule has 0 amide bonds. The summed E-state index contributed by atoms with van der Waals surface area (Å²) in [4.78, 5) is 0. The molecule has 0 fully saturated rings. The highest BCUT2D eigenvalue weighted by atomic mass is 28.1. The fraction of sp³-hybridized carbons (Fsp3) is 0.429. The lowest BCUT2D eigenvalue weighted by atomic mass is 10.0. The van der Waals surface area contributed by atoms with E-state index >= 15 is 0 Å². The second-order valence-electron chi connectivity index (χ2n) is 3.80. The van der Waals surface area contributed by atoms with Crippen molar-refractivity contribution >= 4 is 16.3 Å². The Hall–Kier alpha value is -0.903. The van der Waals surface area contributed by atoms with Gasteiger partial charge in [0.05, 0.1) is 0 Å². The van der Waals surface area contributed by atoms with Crippen molar-refractivity contribution in [3.63, 3.8) is 0 Å². The lowest BCUT2D eigenvalue weighted by Gasteiger charge is -2.32. The highest BCUT2D eigenvalue weighted by molar-refractivity contribution is 6.09. The molecule has 3 heteroatoms. The van der Waals surface area contributed by atoms with Crippen molar-refractivity contribution in [3.05, 3.63) is 42.0 Å². The molecular weight excluding hydrogens is 228 g/mol. The van der Waals surface area contributed by atoms with Gasteiger partial charge < -0.3 is 9.47 Å². The van der Waals surface area contributed by atoms with E-state index in [2.05, 4.69) is 18.7 Å². The topological polar surface area (TPSA) is 18.5 Å². The lowest BCUT2D eigenvalue weighted by Crippen LogP contribution is -2.33. The number of ether oxygens (including phenoxy) is 2. The molecule has 0 aliphatic rings. The van der Waals surface area contributed by atoms with Crippen LogP contribution in [-0.4, -0.2) is 23.5 Å². The molecule has 2 nitrogen and oxygen atoms in total. The van der Waals surface area contributed by atoms with Crippen LogP contribution >= 0.6 is 0 Å². The molecule has 0 bridgehead atoms. The zero-order valence-corrected chi connectivity index (χ0v) is 13.0. The summed E-state index contributed by atoms with van der Waals surface area (Å²) >= 11 is 0. The number of rotatable bonds is 7. The van der Waals surface area contributed by atoms with Crippen LogP contribution in [0.2, 0.25) is 6.04 Å². The minimum Gasteiger partial charge on any atom is -0.346 e. The Bertz CT molecular complexity index is 340. The van der Waals surface area contributed by atoms with Gasteiger partial charge in [0.25, 0.3) is 0 Å². The molecule has 0 aromatic heterocycles. The molecule has 0 N–H and O–H groups in total. The molecule has 0 aliphatic carbocycles. The Labute approximate surface area is 107 Å². The van der Waals surface area contributed by atoms with Crippen molar-refractivity contribution in [2.45, 2.75) is 25.7 Å². The van der Waals surface area contributed by atoms with Crippen molar-refractivity contribution in [1.82, 2.24) is 0 Å². The van der Waals surface area contributed by atoms with Crippen LogP contribution in [0.25, 0.3) is 6.08 Å². The fourth-order valence-corrected chi connectivity index (χ4v) is 2.77. The van der Waals surface area contributed by atoms with Crippen molar-refractivity contribution in [2.75, 3.05) is 13.2 Å². The van der Waals surface area contributed by atoms with Crippen molar-refractivity contribution in [1.29, 1.82) is 0 Å². The molecule has 0 radical (unpaired) electrons. The first-order valence-corrected chi connectivity index (χ1v) is 7.64. The van der Waals surface area contributed by atoms with E-state index in [0.29, 0.717) is 13.2 Å². The molecule has 17 heavy (non-hydrogen) atoms. The average molecular weight is 250 g/mol. The Kier molecular flexibility index (Phi) is 5.61. The number of hydrogen-bond acceptors (Lipinski definition) is 2. The molecule has 0 atom stereocenters. The van der Waals surface area contributed by atoms with Gasteiger partial charge in [-0.25, -0.2) is 0 Å². The van der Waals surface area contributed by atoms with E-state index in [-0.39, 0.29) is 0 Å². The standard InChI is InChI=1S/C14H22O2Si/c1-4-12-7-9-13(10-8-12)14(11-17,15-5-2)16-6-3/h4,7-10H,1,5-6,11H2,2-3,17H3. The third-order valence-electron chi connectivity index (χ3n) is 2.81. The highest BCUT2D eigenvalue weighted by Gasteiger charge is 2.31. The minimum atomic E-state index is -0.546. The minimum absolute atomic E-state index is 0.546. The smallest absolute Gasteiger partial charge is 0.191 e. The Morgan fingerprint density at radius 2 is 1.71 bits per heavy atom. The molecular formula is C14H22O2Si. The van der Waals surface area contributed by atoms with Crippen LogP contribution in [0.5, 0.6) is 0 Å². The van der Waals surface area contributed by atoms with Gasteiger partial charge in [-0.15, -0.1) is 0 Å². The second kappa shape index (κ2) is 6.74. The highest BCUT2D eigenvalue weighted by Crippen LogP contribution is 2.31. The normalized spacial score (nSPS) is 11.6. The Morgan fingerprint density at radius 1 is 1.18 bits per heavy atom. The molecule has 94 valence electrons. The van der Waals surface area contributed by atoms with Gasteiger partial charge in [-0.2, -0.15) is 0 Å². The lowest BCUT2D eigenvalue weighted by molar-refractivity contribution is -0.229. The van der Waals surface area contributed by atoms with Gasteiger partial charge >= 0.3 is 0 Å². The quantitative estimate of drug-likeness (QED) is 0.546. The van der Waals surface area contributed by atoms with Crippen LogP contribution in [0.15, 0.2) is 30.8 Å². The predicted octanol–water partition coefficient (Wildman–Crippen LogP) is 2.34. The maximum absolute atomic E-state index is 5.87. The molecule has 0 unspecified atom stereocenters. The summed E-state index contributed by atoms with van der Waals surface area (Å²) in [5.74, 6) is -0.546. The summed E-state index contributed by atoms with van der Waals surface area (Å²) in [5, 5.41) is 0. The van der Waals surface area contributed by atoms with Crippen LogP contribution in [0, 0.1) is 0 Å². The Morgan fingerprint density at radius 3 is 2.06 bits per heavy atom. The van der Waals surface area contributed by atoms with Gasteiger partial charge in [-0.05, 0) is 25.5 Å². The van der Waals surface area contributed by atoms with Gasteiger partial charge in [0.1, 0.15) is 0 Å². The van der Waals surface area contributed by atoms with Gasteiger partial charge in [0.15, 0.2) is 5.79 Å². The van der Waals surface area contributed by atoms with Crippen LogP contribution in [0.4, 0.5) is 0 Å². The third-order valence-corrected chi connectivity index (χ3v) is 3.74. The molecule has 0 saturated heterocycles. The number of benzene rings is 1. The van der Waals surface area contributed by atoms with Crippen LogP contribution in [-0.2, 0) is 15.3 Å². The first kappa shape index (κ1) is 14.2. The summed E-state index contributed by atoms with van der Waals surface area (Å²) in [7, 11) is 1.04. The van der Waals surface area contributed by atoms with Gasteiger partial charge in [0.2, 0.25) is 0 Å². The van der Waals surface area contributed by atoms with Gasteiger partial charge in [0, 0.05) is 29.0 Å². The van der Waals surface area contributed by atoms with Crippen molar-refractivity contribution in [3.8, 4) is 0 Å². The average Bonchev–Trinajstić information content (AvgIpc) is 2.38. The van der Waals surface area contributed by atoms with Gasteiger partial charge in [-0.1, -0.05) is 36.9 Å². The van der Waals surface area contributed by atoms with Gasteiger partial charge in [-0.3, -0.25) is 0 Å². The van der Waals surface area contributed by atoms with E-state index in [4.69, 9.17) is 9.47 Å². The Balaban J connectivity index is 3.05. The molecule has 0 spiro atoms. The van der Waals surface area contributed by atoms with Crippen LogP contribution in [0.1, 0.15) is 25.0 Å². The molecule has 0 saturated carbocycles. The van der Waals surface area contributed by atoms with E-state index in [9.17, 15) is 0 Å². The number of hydrogen-bond donors (Lipinski definition) is 0. The molecule has 1 rings (SSSR count). The monoisotopic (exact) mass is 250 g/mol. The maximum Gasteiger partial charge on any atom is 0.191 e. The fourth-order valence-electron chi connectivity index (χ4n) is 1.96. The molecule has 1 aromatic rings. The van der Waals surface area contributed by atoms with E-state index in [1.54, 1.807) is 0 Å². The van der Waals surface area contributed by atoms with Crippen molar-refractivity contribution < 1.29 is 9.47 Å². The maximum atomic E-state index is 5.87. The van der Waals surface area contributed by atoms with Crippen LogP contribution in [0.3, 0.4) is 0 Å². The molecule has 1 aromatic carbocycles. The second-order valence-corrected chi connectivity index (χ2v) is 4.51. The van der Waals surface area contributed by atoms with Crippen LogP contribution < -0.4 is 0 Å². The first-order valence-electron chi connectivity index (χ1n) is 6.23. The third kappa shape index (κ3) is 3.28. The zero-order valence-electron chi connectivity index (χ0n) is 11.0. The SMILES string of the molecule is C=Cc1ccc(C(C[SiH3])(OCC)OCC)cc1. The summed E-state index contributed by atoms with van der Waals surface area (Å²) in [5.41, 5.74) is 2.21.